The molecule has 3 aromatic heterocycles. The number of anilines is 1. The van der Waals surface area contributed by atoms with Crippen molar-refractivity contribution in [2.24, 2.45) is 7.05 Å². The van der Waals surface area contributed by atoms with Crippen molar-refractivity contribution in [3.63, 3.8) is 0 Å². The van der Waals surface area contributed by atoms with Crippen LogP contribution in [0.1, 0.15) is 29.6 Å². The Morgan fingerprint density at radius 2 is 1.94 bits per heavy atom. The van der Waals surface area contributed by atoms with Gasteiger partial charge in [-0.25, -0.2) is 14.8 Å². The first-order valence-corrected chi connectivity index (χ1v) is 11.3. The van der Waals surface area contributed by atoms with Crippen molar-refractivity contribution >= 4 is 28.6 Å². The molecule has 1 saturated heterocycles. The summed E-state index contributed by atoms with van der Waals surface area (Å²) in [5.41, 5.74) is 2.35. The summed E-state index contributed by atoms with van der Waals surface area (Å²) in [6, 6.07) is 10.9. The van der Waals surface area contributed by atoms with Gasteiger partial charge in [-0.15, -0.1) is 0 Å². The standard InChI is InChI=1S/C25H24N6O4/c1-30-15-20(14-28-30)16-5-6-18-13-27-21(11-19(18)10-16)29-24(32)17-7-8-26-22(12-17)35-23-4-2-3-9-31(23)25(33)34/h5-8,10-15,23H,2-4,9H2,1H3,(H,33,34)(H,27,29,32). The number of aryl methyl sites for hydroxylation is 1. The highest BCUT2D eigenvalue weighted by Gasteiger charge is 2.28. The lowest BCUT2D eigenvalue weighted by Crippen LogP contribution is -2.46. The van der Waals surface area contributed by atoms with Crippen LogP contribution in [-0.2, 0) is 7.05 Å². The SMILES string of the molecule is Cn1cc(-c2ccc3cnc(NC(=O)c4ccnc(OC5CCCCN5C(=O)O)c4)cc3c2)cn1. The number of carbonyl (C=O) groups excluding carboxylic acids is 1. The van der Waals surface area contributed by atoms with Gasteiger partial charge in [0, 0.05) is 61.2 Å². The smallest absolute Gasteiger partial charge is 0.410 e. The number of nitrogens with zero attached hydrogens (tertiary/aromatic N) is 5. The van der Waals surface area contributed by atoms with Crippen LogP contribution in [0.3, 0.4) is 0 Å². The van der Waals surface area contributed by atoms with Crippen LogP contribution in [0.25, 0.3) is 21.9 Å². The maximum absolute atomic E-state index is 12.9. The number of benzene rings is 1. The van der Waals surface area contributed by atoms with E-state index in [0.29, 0.717) is 24.3 Å². The monoisotopic (exact) mass is 472 g/mol. The van der Waals surface area contributed by atoms with E-state index in [-0.39, 0.29) is 11.8 Å². The lowest BCUT2D eigenvalue weighted by atomic mass is 10.1. The van der Waals surface area contributed by atoms with Crippen molar-refractivity contribution in [3.8, 4) is 17.0 Å². The van der Waals surface area contributed by atoms with Crippen molar-refractivity contribution in [1.82, 2.24) is 24.6 Å². The molecule has 5 rings (SSSR count). The van der Waals surface area contributed by atoms with Gasteiger partial charge < -0.3 is 15.2 Å². The lowest BCUT2D eigenvalue weighted by molar-refractivity contribution is 0.00332. The summed E-state index contributed by atoms with van der Waals surface area (Å²) in [7, 11) is 1.87. The fourth-order valence-electron chi connectivity index (χ4n) is 4.14. The molecule has 0 radical (unpaired) electrons. The molecule has 4 aromatic rings. The number of ether oxygens (including phenoxy) is 1. The summed E-state index contributed by atoms with van der Waals surface area (Å²) in [6.45, 7) is 0.413. The number of likely N-dealkylation sites (tertiary alicyclic amines) is 1. The minimum Gasteiger partial charge on any atom is -0.465 e. The third-order valence-electron chi connectivity index (χ3n) is 5.95. The van der Waals surface area contributed by atoms with Gasteiger partial charge in [-0.3, -0.25) is 14.4 Å². The molecule has 1 aliphatic rings. The molecule has 0 bridgehead atoms. The Bertz CT molecular complexity index is 1400. The summed E-state index contributed by atoms with van der Waals surface area (Å²) < 4.78 is 7.56. The molecular formula is C25H24N6O4. The number of aromatic nitrogens is 4. The Hall–Kier alpha value is -4.47. The zero-order valence-electron chi connectivity index (χ0n) is 19.1. The van der Waals surface area contributed by atoms with E-state index in [1.165, 1.54) is 17.2 Å². The Morgan fingerprint density at radius 3 is 2.74 bits per heavy atom. The van der Waals surface area contributed by atoms with Crippen LogP contribution in [0, 0.1) is 0 Å². The van der Waals surface area contributed by atoms with E-state index in [2.05, 4.69) is 20.4 Å². The van der Waals surface area contributed by atoms with Crippen molar-refractivity contribution in [1.29, 1.82) is 0 Å². The molecule has 2 N–H and O–H groups in total. The Labute approximate surface area is 201 Å². The summed E-state index contributed by atoms with van der Waals surface area (Å²) in [4.78, 5) is 34.2. The van der Waals surface area contributed by atoms with E-state index in [4.69, 9.17) is 4.74 Å². The Kier molecular flexibility index (Phi) is 6.01. The van der Waals surface area contributed by atoms with E-state index in [1.807, 2.05) is 37.5 Å². The third-order valence-corrected chi connectivity index (χ3v) is 5.95. The molecule has 1 aromatic carbocycles. The van der Waals surface area contributed by atoms with Gasteiger partial charge in [-0.05, 0) is 42.0 Å². The number of amides is 2. The molecule has 0 aliphatic carbocycles. The minimum absolute atomic E-state index is 0.198. The largest absolute Gasteiger partial charge is 0.465 e. The second kappa shape index (κ2) is 9.41. The number of pyridine rings is 2. The first kappa shape index (κ1) is 22.3. The number of hydrogen-bond acceptors (Lipinski definition) is 6. The van der Waals surface area contributed by atoms with Crippen LogP contribution >= 0.6 is 0 Å². The molecule has 10 nitrogen and oxygen atoms in total. The third kappa shape index (κ3) is 4.91. The van der Waals surface area contributed by atoms with E-state index in [9.17, 15) is 14.7 Å². The number of carboxylic acid groups (broad SMARTS) is 1. The highest BCUT2D eigenvalue weighted by Crippen LogP contribution is 2.26. The van der Waals surface area contributed by atoms with Crippen LogP contribution in [0.5, 0.6) is 5.88 Å². The van der Waals surface area contributed by atoms with Crippen LogP contribution in [0.2, 0.25) is 0 Å². The lowest BCUT2D eigenvalue weighted by Gasteiger charge is -2.32. The zero-order chi connectivity index (χ0) is 24.4. The van der Waals surface area contributed by atoms with Crippen molar-refractivity contribution in [2.45, 2.75) is 25.5 Å². The van der Waals surface area contributed by atoms with Gasteiger partial charge in [0.05, 0.1) is 6.20 Å². The molecule has 1 fully saturated rings. The molecule has 0 spiro atoms. The van der Waals surface area contributed by atoms with Gasteiger partial charge in [0.1, 0.15) is 5.82 Å². The molecule has 1 unspecified atom stereocenters. The fraction of sp³-hybridized carbons (Fsp3) is 0.240. The normalized spacial score (nSPS) is 15.7. The average Bonchev–Trinajstić information content (AvgIpc) is 3.30. The van der Waals surface area contributed by atoms with Gasteiger partial charge in [0.2, 0.25) is 5.88 Å². The molecule has 1 atom stereocenters. The van der Waals surface area contributed by atoms with Crippen LogP contribution < -0.4 is 10.1 Å². The number of rotatable bonds is 5. The van der Waals surface area contributed by atoms with E-state index in [0.717, 1.165) is 34.7 Å². The van der Waals surface area contributed by atoms with Gasteiger partial charge in [-0.2, -0.15) is 5.10 Å². The quantitative estimate of drug-likeness (QED) is 0.447. The van der Waals surface area contributed by atoms with Gasteiger partial charge in [0.25, 0.3) is 5.91 Å². The van der Waals surface area contributed by atoms with Crippen molar-refractivity contribution < 1.29 is 19.4 Å². The molecule has 35 heavy (non-hydrogen) atoms. The predicted molar refractivity (Wildman–Crippen MR) is 129 cm³/mol. The molecule has 4 heterocycles. The maximum Gasteiger partial charge on any atom is 0.410 e. The number of nitrogens with one attached hydrogen (secondary N) is 1. The average molecular weight is 473 g/mol. The number of piperidine rings is 1. The molecular weight excluding hydrogens is 448 g/mol. The van der Waals surface area contributed by atoms with Crippen LogP contribution in [0.4, 0.5) is 10.6 Å². The number of hydrogen-bond donors (Lipinski definition) is 2. The van der Waals surface area contributed by atoms with E-state index in [1.54, 1.807) is 23.1 Å². The van der Waals surface area contributed by atoms with Crippen LogP contribution in [-0.4, -0.2) is 54.5 Å². The first-order valence-electron chi connectivity index (χ1n) is 11.3. The summed E-state index contributed by atoms with van der Waals surface area (Å²) >= 11 is 0. The van der Waals surface area contributed by atoms with Gasteiger partial charge >= 0.3 is 6.09 Å². The highest BCUT2D eigenvalue weighted by molar-refractivity contribution is 6.04. The Morgan fingerprint density at radius 1 is 1.06 bits per heavy atom. The highest BCUT2D eigenvalue weighted by atomic mass is 16.5. The van der Waals surface area contributed by atoms with Crippen molar-refractivity contribution in [3.05, 3.63) is 66.7 Å². The van der Waals surface area contributed by atoms with Crippen molar-refractivity contribution in [2.75, 3.05) is 11.9 Å². The van der Waals surface area contributed by atoms with E-state index < -0.39 is 12.3 Å². The molecule has 10 heteroatoms. The number of carbonyl (C=O) groups is 2. The predicted octanol–water partition coefficient (Wildman–Crippen LogP) is 4.15. The van der Waals surface area contributed by atoms with E-state index >= 15 is 0 Å². The summed E-state index contributed by atoms with van der Waals surface area (Å²) in [6.07, 6.45) is 7.51. The first-order chi connectivity index (χ1) is 17.0. The van der Waals surface area contributed by atoms with Crippen LogP contribution in [0.15, 0.2) is 61.2 Å². The maximum atomic E-state index is 12.9. The number of fused-ring (bicyclic) bond motifs is 1. The topological polar surface area (TPSA) is 122 Å². The zero-order valence-corrected chi connectivity index (χ0v) is 19.1. The minimum atomic E-state index is -1.03. The van der Waals surface area contributed by atoms with Gasteiger partial charge in [-0.1, -0.05) is 12.1 Å². The summed E-state index contributed by atoms with van der Waals surface area (Å²) in [5, 5.41) is 18.3. The summed E-state index contributed by atoms with van der Waals surface area (Å²) in [5.74, 6) is 0.240. The molecule has 0 saturated carbocycles. The fourth-order valence-corrected chi connectivity index (χ4v) is 4.14. The van der Waals surface area contributed by atoms with Gasteiger partial charge in [0.15, 0.2) is 6.23 Å². The second-order valence-electron chi connectivity index (χ2n) is 8.42. The second-order valence-corrected chi connectivity index (χ2v) is 8.42. The Balaban J connectivity index is 1.32. The molecule has 1 aliphatic heterocycles. The molecule has 2 amide bonds. The molecule has 178 valence electrons.